The number of hydrogen-bond donors (Lipinski definition) is 0. The van der Waals surface area contributed by atoms with E-state index in [9.17, 15) is 4.79 Å². The van der Waals surface area contributed by atoms with Gasteiger partial charge in [-0.2, -0.15) is 0 Å². The quantitative estimate of drug-likeness (QED) is 0.247. The number of fused-ring (bicyclic) bond motifs is 1. The van der Waals surface area contributed by atoms with Crippen LogP contribution in [0.3, 0.4) is 0 Å². The Balaban J connectivity index is 1.42. The molecule has 1 aliphatic rings. The second-order valence-electron chi connectivity index (χ2n) is 8.09. The lowest BCUT2D eigenvalue weighted by atomic mass is 10.0. The summed E-state index contributed by atoms with van der Waals surface area (Å²) in [7, 11) is 0. The molecule has 3 aromatic rings. The van der Waals surface area contributed by atoms with Crippen LogP contribution < -0.4 is 9.64 Å². The van der Waals surface area contributed by atoms with E-state index >= 15 is 0 Å². The van der Waals surface area contributed by atoms with E-state index in [-0.39, 0.29) is 5.91 Å². The first-order chi connectivity index (χ1) is 15.3. The van der Waals surface area contributed by atoms with E-state index in [4.69, 9.17) is 35.1 Å². The van der Waals surface area contributed by atoms with Crippen molar-refractivity contribution < 1.29 is 9.53 Å². The molecular formula is C25H22ClN3O2S. The van der Waals surface area contributed by atoms with Crippen LogP contribution in [0.2, 0.25) is 5.02 Å². The molecule has 0 spiro atoms. The highest BCUT2D eigenvalue weighted by molar-refractivity contribution is 7.80. The third-order valence-electron chi connectivity index (χ3n) is 5.65. The number of carbonyl (C=O) groups excluding carboxylic acids is 1. The normalized spacial score (nSPS) is 15.3. The summed E-state index contributed by atoms with van der Waals surface area (Å²) in [6.45, 7) is 12.0. The number of hydrogen-bond acceptors (Lipinski definition) is 3. The van der Waals surface area contributed by atoms with Crippen LogP contribution in [0.5, 0.6) is 5.75 Å². The number of amides is 1. The van der Waals surface area contributed by atoms with E-state index in [1.807, 2.05) is 49.1 Å². The standard InChI is InChI=1S/C25H22ClN3O2S/c1-25(2)23(30)29(19-10-12-22(27-3)21(26)16-19)24(32)28(25)13-6-14-31-20-11-9-17-7-4-5-8-18(17)15-20/h4-5,7-12,15-16H,6,13-14H2,1-2H3. The summed E-state index contributed by atoms with van der Waals surface area (Å²) in [4.78, 5) is 19.9. The van der Waals surface area contributed by atoms with Gasteiger partial charge < -0.3 is 9.64 Å². The lowest BCUT2D eigenvalue weighted by Gasteiger charge is -2.29. The van der Waals surface area contributed by atoms with Crippen LogP contribution in [0.4, 0.5) is 11.4 Å². The van der Waals surface area contributed by atoms with Crippen LogP contribution in [0.15, 0.2) is 60.7 Å². The molecule has 0 aliphatic carbocycles. The second kappa shape index (κ2) is 8.78. The third-order valence-corrected chi connectivity index (χ3v) is 6.35. The van der Waals surface area contributed by atoms with Crippen LogP contribution >= 0.6 is 23.8 Å². The van der Waals surface area contributed by atoms with Gasteiger partial charge in [-0.1, -0.05) is 48.0 Å². The first-order valence-corrected chi connectivity index (χ1v) is 11.1. The average Bonchev–Trinajstić information content (AvgIpc) is 2.95. The molecule has 1 fully saturated rings. The van der Waals surface area contributed by atoms with Crippen molar-refractivity contribution in [3.8, 4) is 5.75 Å². The van der Waals surface area contributed by atoms with Gasteiger partial charge in [-0.25, -0.2) is 4.85 Å². The zero-order valence-corrected chi connectivity index (χ0v) is 19.4. The Morgan fingerprint density at radius 3 is 2.56 bits per heavy atom. The minimum Gasteiger partial charge on any atom is -0.494 e. The van der Waals surface area contributed by atoms with Gasteiger partial charge in [-0.3, -0.25) is 9.69 Å². The van der Waals surface area contributed by atoms with Crippen molar-refractivity contribution in [2.45, 2.75) is 25.8 Å². The maximum Gasteiger partial charge on any atom is 0.258 e. The summed E-state index contributed by atoms with van der Waals surface area (Å²) < 4.78 is 5.94. The average molecular weight is 464 g/mol. The number of benzene rings is 3. The maximum absolute atomic E-state index is 13.2. The molecule has 7 heteroatoms. The number of halogens is 1. The van der Waals surface area contributed by atoms with Crippen LogP contribution in [0.1, 0.15) is 20.3 Å². The molecule has 32 heavy (non-hydrogen) atoms. The number of carbonyl (C=O) groups is 1. The van der Waals surface area contributed by atoms with Crippen LogP contribution in [-0.2, 0) is 4.79 Å². The largest absolute Gasteiger partial charge is 0.494 e. The zero-order chi connectivity index (χ0) is 22.9. The van der Waals surface area contributed by atoms with Gasteiger partial charge in [-0.05, 0) is 67.5 Å². The Labute approximate surface area is 198 Å². The van der Waals surface area contributed by atoms with Gasteiger partial charge in [-0.15, -0.1) is 0 Å². The van der Waals surface area contributed by atoms with Crippen molar-refractivity contribution in [1.82, 2.24) is 4.90 Å². The highest BCUT2D eigenvalue weighted by atomic mass is 35.5. The minimum atomic E-state index is -0.787. The van der Waals surface area contributed by atoms with Gasteiger partial charge in [0.15, 0.2) is 5.11 Å². The highest BCUT2D eigenvalue weighted by Gasteiger charge is 2.49. The van der Waals surface area contributed by atoms with Crippen LogP contribution in [0.25, 0.3) is 15.6 Å². The molecule has 1 saturated heterocycles. The summed E-state index contributed by atoms with van der Waals surface area (Å²) in [5.41, 5.74) is 0.126. The lowest BCUT2D eigenvalue weighted by molar-refractivity contribution is -0.123. The monoisotopic (exact) mass is 463 g/mol. The number of thiocarbonyl (C=S) groups is 1. The molecule has 0 bridgehead atoms. The smallest absolute Gasteiger partial charge is 0.258 e. The minimum absolute atomic E-state index is 0.121. The molecule has 0 atom stereocenters. The summed E-state index contributed by atoms with van der Waals surface area (Å²) in [6.07, 6.45) is 0.703. The number of rotatable bonds is 6. The van der Waals surface area contributed by atoms with Gasteiger partial charge >= 0.3 is 0 Å². The fraction of sp³-hybridized carbons (Fsp3) is 0.240. The fourth-order valence-electron chi connectivity index (χ4n) is 3.83. The number of ether oxygens (including phenoxy) is 1. The number of nitrogens with zero attached hydrogens (tertiary/aromatic N) is 3. The van der Waals surface area contributed by atoms with Gasteiger partial charge in [0.25, 0.3) is 5.91 Å². The first-order valence-electron chi connectivity index (χ1n) is 10.3. The number of anilines is 1. The summed E-state index contributed by atoms with van der Waals surface area (Å²) in [5.74, 6) is 0.698. The van der Waals surface area contributed by atoms with Gasteiger partial charge in [0, 0.05) is 11.6 Å². The van der Waals surface area contributed by atoms with Crippen LogP contribution in [0, 0.1) is 6.57 Å². The Hall–Kier alpha value is -3.14. The van der Waals surface area contributed by atoms with E-state index in [1.165, 1.54) is 10.3 Å². The lowest BCUT2D eigenvalue weighted by Crippen LogP contribution is -2.44. The fourth-order valence-corrected chi connectivity index (χ4v) is 4.56. The van der Waals surface area contributed by atoms with Crippen LogP contribution in [-0.4, -0.2) is 34.6 Å². The van der Waals surface area contributed by atoms with Gasteiger partial charge in [0.05, 0.1) is 18.9 Å². The van der Waals surface area contributed by atoms with Gasteiger partial charge in [0.2, 0.25) is 5.69 Å². The first kappa shape index (κ1) is 22.1. The Kier molecular flexibility index (Phi) is 6.05. The predicted molar refractivity (Wildman–Crippen MR) is 133 cm³/mol. The maximum atomic E-state index is 13.2. The van der Waals surface area contributed by atoms with Gasteiger partial charge in [0.1, 0.15) is 11.3 Å². The predicted octanol–water partition coefficient (Wildman–Crippen LogP) is 6.23. The van der Waals surface area contributed by atoms with Crippen molar-refractivity contribution in [3.63, 3.8) is 0 Å². The van der Waals surface area contributed by atoms with E-state index in [0.29, 0.717) is 41.1 Å². The van der Waals surface area contributed by atoms with Crippen molar-refractivity contribution in [1.29, 1.82) is 0 Å². The second-order valence-corrected chi connectivity index (χ2v) is 8.86. The summed E-state index contributed by atoms with van der Waals surface area (Å²) >= 11 is 11.8. The summed E-state index contributed by atoms with van der Waals surface area (Å²) in [5, 5.41) is 3.04. The molecule has 5 nitrogen and oxygen atoms in total. The third kappa shape index (κ3) is 4.02. The van der Waals surface area contributed by atoms with Crippen molar-refractivity contribution in [2.24, 2.45) is 0 Å². The molecule has 0 unspecified atom stereocenters. The summed E-state index contributed by atoms with van der Waals surface area (Å²) in [6, 6.07) is 19.1. The molecule has 1 heterocycles. The topological polar surface area (TPSA) is 37.1 Å². The van der Waals surface area contributed by atoms with E-state index in [0.717, 1.165) is 11.1 Å². The molecular weight excluding hydrogens is 442 g/mol. The van der Waals surface area contributed by atoms with Crippen molar-refractivity contribution in [2.75, 3.05) is 18.1 Å². The van der Waals surface area contributed by atoms with Crippen molar-refractivity contribution in [3.05, 3.63) is 77.1 Å². The zero-order valence-electron chi connectivity index (χ0n) is 17.8. The molecule has 162 valence electrons. The Bertz CT molecular complexity index is 1250. The molecule has 0 radical (unpaired) electrons. The Morgan fingerprint density at radius 1 is 1.09 bits per heavy atom. The molecule has 0 saturated carbocycles. The van der Waals surface area contributed by atoms with Crippen molar-refractivity contribution >= 4 is 57.0 Å². The molecule has 1 aliphatic heterocycles. The molecule has 0 N–H and O–H groups in total. The van der Waals surface area contributed by atoms with E-state index < -0.39 is 5.54 Å². The highest BCUT2D eigenvalue weighted by Crippen LogP contribution is 2.36. The van der Waals surface area contributed by atoms with E-state index in [1.54, 1.807) is 18.2 Å². The SMILES string of the molecule is [C-]#[N+]c1ccc(N2C(=O)C(C)(C)N(CCCOc3ccc4ccccc4c3)C2=S)cc1Cl. The molecule has 1 amide bonds. The molecule has 4 rings (SSSR count). The molecule has 0 aromatic heterocycles. The Morgan fingerprint density at radius 2 is 1.84 bits per heavy atom. The molecule has 3 aromatic carbocycles. The van der Waals surface area contributed by atoms with E-state index in [2.05, 4.69) is 17.0 Å².